The highest BCUT2D eigenvalue weighted by atomic mass is 32.2. The van der Waals surface area contributed by atoms with Gasteiger partial charge < -0.3 is 4.90 Å². The van der Waals surface area contributed by atoms with Gasteiger partial charge in [0.1, 0.15) is 6.04 Å². The molecule has 2 aromatic carbocycles. The fourth-order valence-corrected chi connectivity index (χ4v) is 6.79. The standard InChI is InChI=1S/C26H34N2O3S/c1-20-9-5-8-14-25(20)32(30,31)27-24(16-15-21-10-3-2-4-11-21)26(29)28-18-17-22-12-6-7-13-23(22)19-28/h2-5,8-11,14,22-24,27H,6-7,12-13,15-19H2,1H3/t22-,23-,24-/m1/s1. The normalized spacial score (nSPS) is 22.2. The molecule has 32 heavy (non-hydrogen) atoms. The van der Waals surface area contributed by atoms with Gasteiger partial charge in [-0.15, -0.1) is 0 Å². The van der Waals surface area contributed by atoms with Crippen LogP contribution in [0.15, 0.2) is 59.5 Å². The monoisotopic (exact) mass is 454 g/mol. The maximum atomic E-state index is 13.6. The number of rotatable bonds is 7. The fourth-order valence-electron chi connectivity index (χ4n) is 5.32. The molecule has 5 nitrogen and oxygen atoms in total. The minimum absolute atomic E-state index is 0.0814. The Morgan fingerprint density at radius 1 is 1.00 bits per heavy atom. The van der Waals surface area contributed by atoms with Crippen LogP contribution >= 0.6 is 0 Å². The Labute approximate surface area is 192 Å². The molecule has 1 N–H and O–H groups in total. The molecule has 4 rings (SSSR count). The average Bonchev–Trinajstić information content (AvgIpc) is 2.81. The second-order valence-electron chi connectivity index (χ2n) is 9.34. The van der Waals surface area contributed by atoms with Gasteiger partial charge in [0.25, 0.3) is 0 Å². The number of aryl methyl sites for hydroxylation is 2. The Hall–Kier alpha value is -2.18. The van der Waals surface area contributed by atoms with E-state index in [0.29, 0.717) is 24.3 Å². The number of piperidine rings is 1. The van der Waals surface area contributed by atoms with Crippen molar-refractivity contribution in [2.75, 3.05) is 13.1 Å². The van der Waals surface area contributed by atoms with Crippen molar-refractivity contribution in [1.82, 2.24) is 9.62 Å². The summed E-state index contributed by atoms with van der Waals surface area (Å²) in [5, 5.41) is 0. The van der Waals surface area contributed by atoms with Crippen LogP contribution in [0.1, 0.15) is 49.7 Å². The van der Waals surface area contributed by atoms with Crippen LogP contribution in [0.3, 0.4) is 0 Å². The largest absolute Gasteiger partial charge is 0.341 e. The number of amides is 1. The summed E-state index contributed by atoms with van der Waals surface area (Å²) >= 11 is 0. The molecule has 1 amide bonds. The van der Waals surface area contributed by atoms with Crippen LogP contribution < -0.4 is 4.72 Å². The molecular weight excluding hydrogens is 420 g/mol. The Morgan fingerprint density at radius 3 is 2.44 bits per heavy atom. The number of hydrogen-bond donors (Lipinski definition) is 1. The smallest absolute Gasteiger partial charge is 0.241 e. The van der Waals surface area contributed by atoms with Gasteiger partial charge >= 0.3 is 0 Å². The van der Waals surface area contributed by atoms with Gasteiger partial charge in [-0.2, -0.15) is 4.72 Å². The maximum absolute atomic E-state index is 13.6. The molecule has 0 bridgehead atoms. The minimum Gasteiger partial charge on any atom is -0.341 e. The van der Waals surface area contributed by atoms with Crippen molar-refractivity contribution >= 4 is 15.9 Å². The summed E-state index contributed by atoms with van der Waals surface area (Å²) in [7, 11) is -3.80. The van der Waals surface area contributed by atoms with Gasteiger partial charge in [-0.05, 0) is 61.6 Å². The molecule has 1 saturated carbocycles. The van der Waals surface area contributed by atoms with Crippen LogP contribution in [0.4, 0.5) is 0 Å². The number of hydrogen-bond acceptors (Lipinski definition) is 3. The average molecular weight is 455 g/mol. The lowest BCUT2D eigenvalue weighted by atomic mass is 9.75. The minimum atomic E-state index is -3.80. The van der Waals surface area contributed by atoms with Crippen molar-refractivity contribution in [2.45, 2.75) is 62.8 Å². The van der Waals surface area contributed by atoms with E-state index in [-0.39, 0.29) is 10.8 Å². The highest BCUT2D eigenvalue weighted by molar-refractivity contribution is 7.89. The first-order valence-electron chi connectivity index (χ1n) is 11.8. The summed E-state index contributed by atoms with van der Waals surface area (Å²) in [5.74, 6) is 1.20. The molecule has 6 heteroatoms. The van der Waals surface area contributed by atoms with E-state index in [1.165, 1.54) is 25.7 Å². The van der Waals surface area contributed by atoms with E-state index in [0.717, 1.165) is 31.0 Å². The lowest BCUT2D eigenvalue weighted by Crippen LogP contribution is -2.53. The van der Waals surface area contributed by atoms with Crippen molar-refractivity contribution in [1.29, 1.82) is 0 Å². The maximum Gasteiger partial charge on any atom is 0.241 e. The highest BCUT2D eigenvalue weighted by Gasteiger charge is 2.36. The number of carbonyl (C=O) groups is 1. The first-order chi connectivity index (χ1) is 15.4. The molecule has 1 heterocycles. The van der Waals surface area contributed by atoms with Crippen molar-refractivity contribution in [3.05, 3.63) is 65.7 Å². The van der Waals surface area contributed by atoms with E-state index in [2.05, 4.69) is 4.72 Å². The number of likely N-dealkylation sites (tertiary alicyclic amines) is 1. The van der Waals surface area contributed by atoms with Crippen LogP contribution in [-0.2, 0) is 21.2 Å². The van der Waals surface area contributed by atoms with Gasteiger partial charge in [0, 0.05) is 13.1 Å². The number of nitrogens with zero attached hydrogens (tertiary/aromatic N) is 1. The number of nitrogens with one attached hydrogen (secondary N) is 1. The lowest BCUT2D eigenvalue weighted by Gasteiger charge is -2.42. The van der Waals surface area contributed by atoms with Crippen LogP contribution in [0.25, 0.3) is 0 Å². The predicted molar refractivity (Wildman–Crippen MR) is 127 cm³/mol. The third-order valence-electron chi connectivity index (χ3n) is 7.15. The zero-order valence-electron chi connectivity index (χ0n) is 18.9. The van der Waals surface area contributed by atoms with Crippen molar-refractivity contribution in [3.8, 4) is 0 Å². The number of carbonyl (C=O) groups excluding carboxylic acids is 1. The molecule has 0 spiro atoms. The van der Waals surface area contributed by atoms with Gasteiger partial charge in [-0.1, -0.05) is 67.8 Å². The van der Waals surface area contributed by atoms with Crippen LogP contribution in [0, 0.1) is 18.8 Å². The lowest BCUT2D eigenvalue weighted by molar-refractivity contribution is -0.136. The second kappa shape index (κ2) is 10.2. The van der Waals surface area contributed by atoms with Crippen molar-refractivity contribution < 1.29 is 13.2 Å². The van der Waals surface area contributed by atoms with Gasteiger partial charge in [0.2, 0.25) is 15.9 Å². The molecule has 1 aliphatic carbocycles. The Balaban J connectivity index is 1.53. The number of sulfonamides is 1. The summed E-state index contributed by atoms with van der Waals surface area (Å²) in [4.78, 5) is 15.7. The zero-order valence-corrected chi connectivity index (χ0v) is 19.7. The highest BCUT2D eigenvalue weighted by Crippen LogP contribution is 2.36. The van der Waals surface area contributed by atoms with E-state index < -0.39 is 16.1 Å². The van der Waals surface area contributed by atoms with Crippen LogP contribution in [0.2, 0.25) is 0 Å². The predicted octanol–water partition coefficient (Wildman–Crippen LogP) is 4.31. The number of benzene rings is 2. The molecule has 172 valence electrons. The third-order valence-corrected chi connectivity index (χ3v) is 8.78. The summed E-state index contributed by atoms with van der Waals surface area (Å²) in [5.41, 5.74) is 1.78. The van der Waals surface area contributed by atoms with E-state index in [9.17, 15) is 13.2 Å². The molecule has 0 radical (unpaired) electrons. The van der Waals surface area contributed by atoms with E-state index >= 15 is 0 Å². The Bertz CT molecular complexity index is 1020. The van der Waals surface area contributed by atoms with Crippen molar-refractivity contribution in [3.63, 3.8) is 0 Å². The SMILES string of the molecule is Cc1ccccc1S(=O)(=O)N[C@H](CCc1ccccc1)C(=O)N1CC[C@H]2CCCC[C@@H]2C1. The topological polar surface area (TPSA) is 66.5 Å². The quantitative estimate of drug-likeness (QED) is 0.678. The van der Waals surface area contributed by atoms with Gasteiger partial charge in [0.15, 0.2) is 0 Å². The van der Waals surface area contributed by atoms with Gasteiger partial charge in [-0.3, -0.25) is 4.79 Å². The molecule has 1 saturated heterocycles. The summed E-state index contributed by atoms with van der Waals surface area (Å²) in [6.07, 6.45) is 7.10. The molecule has 0 unspecified atom stereocenters. The third kappa shape index (κ3) is 5.41. The van der Waals surface area contributed by atoms with E-state index in [1.807, 2.05) is 41.3 Å². The molecule has 1 aliphatic heterocycles. The molecule has 3 atom stereocenters. The molecule has 2 aliphatic rings. The van der Waals surface area contributed by atoms with E-state index in [4.69, 9.17) is 0 Å². The van der Waals surface area contributed by atoms with Crippen molar-refractivity contribution in [2.24, 2.45) is 11.8 Å². The van der Waals surface area contributed by atoms with Crippen LogP contribution in [0.5, 0.6) is 0 Å². The van der Waals surface area contributed by atoms with E-state index in [1.54, 1.807) is 25.1 Å². The molecular formula is C26H34N2O3S. The molecule has 2 aromatic rings. The Kier molecular flexibility index (Phi) is 7.31. The zero-order chi connectivity index (χ0) is 22.6. The molecule has 2 fully saturated rings. The summed E-state index contributed by atoms with van der Waals surface area (Å²) in [6, 6.07) is 16.1. The van der Waals surface area contributed by atoms with Gasteiger partial charge in [-0.25, -0.2) is 8.42 Å². The second-order valence-corrected chi connectivity index (χ2v) is 11.0. The fraction of sp³-hybridized carbons (Fsp3) is 0.500. The summed E-state index contributed by atoms with van der Waals surface area (Å²) in [6.45, 7) is 3.27. The molecule has 0 aromatic heterocycles. The first-order valence-corrected chi connectivity index (χ1v) is 13.3. The summed E-state index contributed by atoms with van der Waals surface area (Å²) < 4.78 is 29.2. The van der Waals surface area contributed by atoms with Gasteiger partial charge in [0.05, 0.1) is 4.90 Å². The first kappa shape index (κ1) is 23.0. The van der Waals surface area contributed by atoms with Crippen LogP contribution in [-0.4, -0.2) is 38.4 Å². The number of fused-ring (bicyclic) bond motifs is 1. The Morgan fingerprint density at radius 2 is 1.69 bits per heavy atom.